The largest absolute Gasteiger partial charge is 0.486 e. The number of carbonyl (C=O) groups is 2. The highest BCUT2D eigenvalue weighted by molar-refractivity contribution is 7.98. The molecule has 4 aromatic rings. The Hall–Kier alpha value is -4.48. The van der Waals surface area contributed by atoms with E-state index in [4.69, 9.17) is 28.4 Å². The van der Waals surface area contributed by atoms with Crippen LogP contribution in [-0.4, -0.2) is 49.2 Å². The summed E-state index contributed by atoms with van der Waals surface area (Å²) in [4.78, 5) is 26.8. The van der Waals surface area contributed by atoms with Gasteiger partial charge in [0.15, 0.2) is 12.7 Å². The van der Waals surface area contributed by atoms with Crippen molar-refractivity contribution in [3.8, 4) is 11.5 Å². The topological polar surface area (TPSA) is 89.5 Å². The van der Waals surface area contributed by atoms with E-state index in [9.17, 15) is 9.59 Å². The fourth-order valence-corrected chi connectivity index (χ4v) is 7.10. The van der Waals surface area contributed by atoms with Crippen molar-refractivity contribution in [2.45, 2.75) is 102 Å². The van der Waals surface area contributed by atoms with E-state index >= 15 is 0 Å². The van der Waals surface area contributed by atoms with Gasteiger partial charge >= 0.3 is 11.9 Å². The summed E-state index contributed by atoms with van der Waals surface area (Å²) in [6.07, 6.45) is 4.72. The minimum Gasteiger partial charge on any atom is -0.486 e. The predicted octanol–water partition coefficient (Wildman–Crippen LogP) is 10.8. The van der Waals surface area contributed by atoms with Crippen LogP contribution < -0.4 is 9.47 Å². The lowest BCUT2D eigenvalue weighted by Gasteiger charge is -2.31. The molecule has 0 aliphatic carbocycles. The molecule has 0 saturated heterocycles. The average molecular weight is 813 g/mol. The Labute approximate surface area is 347 Å². The molecular formula is C47H56O8S2. The van der Waals surface area contributed by atoms with Crippen LogP contribution >= 0.6 is 23.5 Å². The molecule has 3 atom stereocenters. The maximum Gasteiger partial charge on any atom is 0.332 e. The molecule has 0 spiro atoms. The maximum absolute atomic E-state index is 12.3. The van der Waals surface area contributed by atoms with Crippen molar-refractivity contribution >= 4 is 35.5 Å². The van der Waals surface area contributed by atoms with Crippen molar-refractivity contribution in [2.75, 3.05) is 19.1 Å². The highest BCUT2D eigenvalue weighted by atomic mass is 32.2. The molecule has 57 heavy (non-hydrogen) atoms. The van der Waals surface area contributed by atoms with E-state index in [-0.39, 0.29) is 19.8 Å². The van der Waals surface area contributed by atoms with Crippen LogP contribution in [0.2, 0.25) is 0 Å². The molecule has 0 bridgehead atoms. The smallest absolute Gasteiger partial charge is 0.332 e. The van der Waals surface area contributed by atoms with Crippen LogP contribution in [0, 0.1) is 27.7 Å². The van der Waals surface area contributed by atoms with E-state index in [0.717, 1.165) is 66.5 Å². The van der Waals surface area contributed by atoms with Crippen molar-refractivity contribution in [1.82, 2.24) is 0 Å². The zero-order chi connectivity index (χ0) is 41.9. The van der Waals surface area contributed by atoms with Gasteiger partial charge in [0.25, 0.3) is 0 Å². The summed E-state index contributed by atoms with van der Waals surface area (Å²) in [5.41, 5.74) is 7.41. The summed E-state index contributed by atoms with van der Waals surface area (Å²) in [6, 6.07) is 24.7. The first-order chi connectivity index (χ1) is 27.0. The minimum absolute atomic E-state index is 0.0276. The molecule has 10 heteroatoms. The average Bonchev–Trinajstić information content (AvgIpc) is 3.19. The summed E-state index contributed by atoms with van der Waals surface area (Å²) < 4.78 is 36.5. The molecule has 0 aromatic heterocycles. The molecule has 8 nitrogen and oxygen atoms in total. The number of thioether (sulfide) groups is 2. The Bertz CT molecular complexity index is 1980. The highest BCUT2D eigenvalue weighted by Crippen LogP contribution is 2.39. The first kappa shape index (κ1) is 45.2. The SMILES string of the molecule is C=CC(=O)OC(C)C(OCc1ccc(SC)cc1)Oc1c(C)cc(C(C)(C)c2cc(C)c(OCC(C)(OCc3ccc(SC)cc3)OC(=O)C=C)c(C)c2)cc1C. The number of benzene rings is 4. The van der Waals surface area contributed by atoms with Crippen molar-refractivity contribution in [1.29, 1.82) is 0 Å². The molecule has 0 saturated carbocycles. The molecule has 3 unspecified atom stereocenters. The van der Waals surface area contributed by atoms with E-state index in [1.54, 1.807) is 37.4 Å². The van der Waals surface area contributed by atoms with Gasteiger partial charge in [0.05, 0.1) is 13.2 Å². The number of hydrogen-bond acceptors (Lipinski definition) is 10. The van der Waals surface area contributed by atoms with Gasteiger partial charge in [0.2, 0.25) is 12.1 Å². The van der Waals surface area contributed by atoms with E-state index in [2.05, 4.69) is 51.3 Å². The number of rotatable bonds is 20. The van der Waals surface area contributed by atoms with Crippen LogP contribution in [0.3, 0.4) is 0 Å². The molecule has 0 aliphatic heterocycles. The molecule has 0 fully saturated rings. The Morgan fingerprint density at radius 1 is 0.702 bits per heavy atom. The fourth-order valence-electron chi connectivity index (χ4n) is 6.29. The fraction of sp³-hybridized carbons (Fsp3) is 0.362. The zero-order valence-electron chi connectivity index (χ0n) is 34.9. The van der Waals surface area contributed by atoms with Crippen molar-refractivity contribution in [3.05, 3.63) is 143 Å². The Morgan fingerprint density at radius 3 is 1.61 bits per heavy atom. The highest BCUT2D eigenvalue weighted by Gasteiger charge is 2.33. The van der Waals surface area contributed by atoms with Crippen molar-refractivity contribution in [2.24, 2.45) is 0 Å². The normalized spacial score (nSPS) is 13.5. The van der Waals surface area contributed by atoms with Crippen LogP contribution in [0.5, 0.6) is 11.5 Å². The van der Waals surface area contributed by atoms with Gasteiger partial charge in [-0.1, -0.05) is 75.5 Å². The van der Waals surface area contributed by atoms with Crippen molar-refractivity contribution in [3.63, 3.8) is 0 Å². The molecule has 4 rings (SSSR count). The Morgan fingerprint density at radius 2 is 1.16 bits per heavy atom. The summed E-state index contributed by atoms with van der Waals surface area (Å²) in [6.45, 7) is 23.4. The monoisotopic (exact) mass is 812 g/mol. The molecule has 304 valence electrons. The van der Waals surface area contributed by atoms with Gasteiger partial charge in [-0.15, -0.1) is 23.5 Å². The third-order valence-electron chi connectivity index (χ3n) is 9.69. The number of ether oxygens (including phenoxy) is 6. The number of hydrogen-bond donors (Lipinski definition) is 0. The molecular weight excluding hydrogens is 757 g/mol. The molecule has 4 aromatic carbocycles. The number of carbonyl (C=O) groups excluding carboxylic acids is 2. The van der Waals surface area contributed by atoms with E-state index in [1.807, 2.05) is 88.7 Å². The van der Waals surface area contributed by atoms with Gasteiger partial charge in [-0.25, -0.2) is 9.59 Å². The lowest BCUT2D eigenvalue weighted by Crippen LogP contribution is -2.40. The summed E-state index contributed by atoms with van der Waals surface area (Å²) in [5.74, 6) is -1.17. The van der Waals surface area contributed by atoms with Gasteiger partial charge in [-0.2, -0.15) is 0 Å². The Balaban J connectivity index is 1.54. The number of esters is 2. The van der Waals surface area contributed by atoms with Crippen LogP contribution in [-0.2, 0) is 47.2 Å². The summed E-state index contributed by atoms with van der Waals surface area (Å²) in [5, 5.41) is 0. The first-order valence-electron chi connectivity index (χ1n) is 18.7. The van der Waals surface area contributed by atoms with Crippen LogP contribution in [0.1, 0.15) is 72.2 Å². The minimum atomic E-state index is -1.37. The summed E-state index contributed by atoms with van der Waals surface area (Å²) >= 11 is 3.34. The predicted molar refractivity (Wildman–Crippen MR) is 230 cm³/mol. The lowest BCUT2D eigenvalue weighted by molar-refractivity contribution is -0.235. The first-order valence-corrected chi connectivity index (χ1v) is 21.2. The quantitative estimate of drug-likeness (QED) is 0.0372. The molecule has 0 heterocycles. The standard InChI is InChI=1S/C47H56O8S2/c1-13-41(48)53-34(7)45(50-27-35-15-19-39(56-11)20-16-35)54-44-32(5)25-38(26-33(44)6)46(8,9)37-23-30(3)43(31(4)24-37)51-29-47(10,55-42(49)14-2)52-28-36-17-21-40(57-12)22-18-36/h13-26,34,45H,1-2,27-29H2,3-12H3. The second kappa shape index (κ2) is 20.3. The molecule has 0 amide bonds. The van der Waals surface area contributed by atoms with E-state index in [1.165, 1.54) is 0 Å². The van der Waals surface area contributed by atoms with E-state index in [0.29, 0.717) is 11.5 Å². The van der Waals surface area contributed by atoms with Gasteiger partial charge < -0.3 is 28.4 Å². The maximum atomic E-state index is 12.3. The van der Waals surface area contributed by atoms with Gasteiger partial charge in [-0.3, -0.25) is 0 Å². The third kappa shape index (κ3) is 12.3. The third-order valence-corrected chi connectivity index (χ3v) is 11.2. The summed E-state index contributed by atoms with van der Waals surface area (Å²) in [7, 11) is 0. The lowest BCUT2D eigenvalue weighted by atomic mass is 9.76. The van der Waals surface area contributed by atoms with Gasteiger partial charge in [0, 0.05) is 34.3 Å². The van der Waals surface area contributed by atoms with Crippen LogP contribution in [0.25, 0.3) is 0 Å². The molecule has 0 aliphatic rings. The van der Waals surface area contributed by atoms with Crippen LogP contribution in [0.15, 0.2) is 108 Å². The van der Waals surface area contributed by atoms with E-state index < -0.39 is 35.5 Å². The van der Waals surface area contributed by atoms with Crippen molar-refractivity contribution < 1.29 is 38.0 Å². The van der Waals surface area contributed by atoms with Crippen LogP contribution in [0.4, 0.5) is 0 Å². The Kier molecular flexibility index (Phi) is 16.1. The number of aryl methyl sites for hydroxylation is 4. The zero-order valence-corrected chi connectivity index (χ0v) is 36.5. The van der Waals surface area contributed by atoms with Gasteiger partial charge in [-0.05, 0) is 116 Å². The molecule has 0 radical (unpaired) electrons. The van der Waals surface area contributed by atoms with Gasteiger partial charge in [0.1, 0.15) is 11.5 Å². The second-order valence-corrected chi connectivity index (χ2v) is 16.4. The molecule has 0 N–H and O–H groups in total. The second-order valence-electron chi connectivity index (χ2n) is 14.7.